The second-order valence-corrected chi connectivity index (χ2v) is 17.3. The van der Waals surface area contributed by atoms with E-state index in [1.165, 1.54) is 9.80 Å². The van der Waals surface area contributed by atoms with Gasteiger partial charge in [0.05, 0.1) is 12.6 Å². The molecule has 2 aliphatic carbocycles. The summed E-state index contributed by atoms with van der Waals surface area (Å²) in [7, 11) is 3.13. The summed E-state index contributed by atoms with van der Waals surface area (Å²) < 4.78 is 5.43. The molecule has 3 fully saturated rings. The Morgan fingerprint density at radius 1 is 0.923 bits per heavy atom. The van der Waals surface area contributed by atoms with Crippen molar-refractivity contribution >= 4 is 41.4 Å². The highest BCUT2D eigenvalue weighted by molar-refractivity contribution is 6.38. The van der Waals surface area contributed by atoms with Gasteiger partial charge in [-0.1, -0.05) is 77.8 Å². The van der Waals surface area contributed by atoms with Gasteiger partial charge in [0.1, 0.15) is 23.7 Å². The third kappa shape index (κ3) is 9.68. The standard InChI is InChI=1S/C38H56N6O8/c1-36(2,3)30(42-35(51)52-37(4,5)6)34(50)44-20-23-26(38(23,7)8)28(44)31(47)40-24(18-21-16-17-21)29(46)32(48)39-19-25(45)41-27(33(49)43(9)10)22-14-12-11-13-15-22/h11-15,21,23-24,26-28,30H,16-20H2,1-10H3,(H,39,48)(H,40,47)(H,41,45)(H,42,51)/t23-,24?,26-,27-,28?,30+/m0/s1. The predicted octanol–water partition coefficient (Wildman–Crippen LogP) is 2.32. The molecule has 52 heavy (non-hydrogen) atoms. The minimum atomic E-state index is -1.17. The van der Waals surface area contributed by atoms with Gasteiger partial charge in [-0.15, -0.1) is 0 Å². The van der Waals surface area contributed by atoms with Crippen LogP contribution >= 0.6 is 0 Å². The Kier molecular flexibility index (Phi) is 11.8. The van der Waals surface area contributed by atoms with Crippen LogP contribution in [0.5, 0.6) is 0 Å². The number of piperidine rings is 1. The predicted molar refractivity (Wildman–Crippen MR) is 192 cm³/mol. The quantitative estimate of drug-likeness (QED) is 0.224. The Bertz CT molecular complexity index is 1560. The van der Waals surface area contributed by atoms with Crippen molar-refractivity contribution in [3.8, 4) is 0 Å². The van der Waals surface area contributed by atoms with Crippen molar-refractivity contribution < 1.29 is 38.3 Å². The van der Waals surface area contributed by atoms with Gasteiger partial charge in [-0.2, -0.15) is 0 Å². The number of hydrogen-bond acceptors (Lipinski definition) is 8. The fourth-order valence-corrected chi connectivity index (χ4v) is 7.04. The summed E-state index contributed by atoms with van der Waals surface area (Å²) in [6.07, 6.45) is 1.18. The van der Waals surface area contributed by atoms with Crippen LogP contribution in [0.25, 0.3) is 0 Å². The Morgan fingerprint density at radius 3 is 2.08 bits per heavy atom. The molecule has 2 unspecified atom stereocenters. The molecule has 4 rings (SSSR count). The minimum Gasteiger partial charge on any atom is -0.444 e. The molecule has 0 radical (unpaired) electrons. The van der Waals surface area contributed by atoms with Gasteiger partial charge in [0.25, 0.3) is 5.91 Å². The highest BCUT2D eigenvalue weighted by Crippen LogP contribution is 2.65. The molecule has 6 amide bonds. The van der Waals surface area contributed by atoms with E-state index < -0.39 is 77.2 Å². The number of nitrogens with one attached hydrogen (secondary N) is 4. The molecule has 0 spiro atoms. The zero-order valence-corrected chi connectivity index (χ0v) is 32.1. The fourth-order valence-electron chi connectivity index (χ4n) is 7.04. The van der Waals surface area contributed by atoms with Crippen LogP contribution in [-0.2, 0) is 33.5 Å². The van der Waals surface area contributed by atoms with E-state index in [4.69, 9.17) is 4.74 Å². The number of carbonyl (C=O) groups excluding carboxylic acids is 7. The first-order chi connectivity index (χ1) is 24.0. The highest BCUT2D eigenvalue weighted by atomic mass is 16.6. The molecule has 1 aliphatic heterocycles. The number of likely N-dealkylation sites (N-methyl/N-ethyl adjacent to an activating group) is 1. The van der Waals surface area contributed by atoms with Gasteiger partial charge in [0.2, 0.25) is 29.4 Å². The Balaban J connectivity index is 1.46. The van der Waals surface area contributed by atoms with Crippen molar-refractivity contribution in [3.63, 3.8) is 0 Å². The molecule has 1 aromatic carbocycles. The maximum atomic E-state index is 14.2. The summed E-state index contributed by atoms with van der Waals surface area (Å²) in [5.41, 5.74) is -1.20. The van der Waals surface area contributed by atoms with Crippen LogP contribution in [0.2, 0.25) is 0 Å². The first-order valence-electron chi connectivity index (χ1n) is 18.0. The van der Waals surface area contributed by atoms with Crippen LogP contribution in [0.15, 0.2) is 30.3 Å². The molecule has 0 aromatic heterocycles. The number of rotatable bonds is 13. The molecule has 3 aliphatic rings. The average molecular weight is 725 g/mol. The fraction of sp³-hybridized carbons (Fsp3) is 0.658. The lowest BCUT2D eigenvalue weighted by molar-refractivity contribution is -0.145. The number of ketones is 1. The molecule has 14 heteroatoms. The number of amides is 6. The maximum Gasteiger partial charge on any atom is 0.408 e. The van der Waals surface area contributed by atoms with Crippen molar-refractivity contribution in [1.82, 2.24) is 31.1 Å². The van der Waals surface area contributed by atoms with Crippen LogP contribution < -0.4 is 21.3 Å². The Labute approximate surface area is 306 Å². The van der Waals surface area contributed by atoms with Crippen molar-refractivity contribution in [3.05, 3.63) is 35.9 Å². The van der Waals surface area contributed by atoms with E-state index in [2.05, 4.69) is 21.3 Å². The molecule has 1 heterocycles. The van der Waals surface area contributed by atoms with E-state index in [0.29, 0.717) is 12.1 Å². The number of Topliss-reactive ketones (excluding diaryl/α,β-unsaturated/α-hetero) is 1. The van der Waals surface area contributed by atoms with Crippen molar-refractivity contribution in [2.24, 2.45) is 28.6 Å². The Morgan fingerprint density at radius 2 is 1.54 bits per heavy atom. The van der Waals surface area contributed by atoms with Crippen LogP contribution in [0, 0.1) is 28.6 Å². The third-order valence-electron chi connectivity index (χ3n) is 10.2. The maximum absolute atomic E-state index is 14.2. The van der Waals surface area contributed by atoms with E-state index in [0.717, 1.165) is 12.8 Å². The van der Waals surface area contributed by atoms with Crippen molar-refractivity contribution in [1.29, 1.82) is 0 Å². The number of likely N-dealkylation sites (tertiary alicyclic amines) is 1. The van der Waals surface area contributed by atoms with Crippen LogP contribution in [0.4, 0.5) is 4.79 Å². The lowest BCUT2D eigenvalue weighted by Gasteiger charge is -2.38. The van der Waals surface area contributed by atoms with Gasteiger partial charge in [0.15, 0.2) is 0 Å². The SMILES string of the molecule is CN(C)C(=O)[C@@H](NC(=O)CNC(=O)C(=O)C(CC1CC1)NC(=O)C1[C@@H]2[C@H](CN1C(=O)[C@@H](NC(=O)OC(C)(C)C)C(C)(C)C)C2(C)C)c1ccccc1. The topological polar surface area (TPSA) is 183 Å². The second kappa shape index (κ2) is 15.2. The van der Waals surface area contributed by atoms with Gasteiger partial charge in [-0.3, -0.25) is 28.8 Å². The minimum absolute atomic E-state index is 0.0350. The van der Waals surface area contributed by atoms with Gasteiger partial charge in [-0.25, -0.2) is 4.79 Å². The van der Waals surface area contributed by atoms with E-state index in [-0.39, 0.29) is 35.5 Å². The molecule has 14 nitrogen and oxygen atoms in total. The summed E-state index contributed by atoms with van der Waals surface area (Å²) in [6.45, 7) is 14.4. The number of benzene rings is 1. The van der Waals surface area contributed by atoms with Gasteiger partial charge in [0, 0.05) is 20.6 Å². The molecule has 2 saturated carbocycles. The largest absolute Gasteiger partial charge is 0.444 e. The molecule has 286 valence electrons. The average Bonchev–Trinajstić information content (AvgIpc) is 3.90. The van der Waals surface area contributed by atoms with Gasteiger partial charge >= 0.3 is 6.09 Å². The number of nitrogens with zero attached hydrogens (tertiary/aromatic N) is 2. The van der Waals surface area contributed by atoms with Crippen LogP contribution in [0.1, 0.15) is 86.3 Å². The molecule has 6 atom stereocenters. The summed E-state index contributed by atoms with van der Waals surface area (Å²) in [4.78, 5) is 96.4. The summed E-state index contributed by atoms with van der Waals surface area (Å²) in [5, 5.41) is 10.5. The molecule has 1 saturated heterocycles. The van der Waals surface area contributed by atoms with E-state index in [1.807, 2.05) is 34.6 Å². The molecular weight excluding hydrogens is 668 g/mol. The summed E-state index contributed by atoms with van der Waals surface area (Å²) in [6, 6.07) is 4.55. The number of hydrogen-bond donors (Lipinski definition) is 4. The van der Waals surface area contributed by atoms with Crippen LogP contribution in [-0.4, -0.2) is 102 Å². The van der Waals surface area contributed by atoms with E-state index in [9.17, 15) is 33.6 Å². The summed E-state index contributed by atoms with van der Waals surface area (Å²) >= 11 is 0. The number of ether oxygens (including phenoxy) is 1. The number of carbonyl (C=O) groups is 7. The third-order valence-corrected chi connectivity index (χ3v) is 10.2. The highest BCUT2D eigenvalue weighted by Gasteiger charge is 2.70. The van der Waals surface area contributed by atoms with Crippen molar-refractivity contribution in [2.75, 3.05) is 27.2 Å². The van der Waals surface area contributed by atoms with Gasteiger partial charge < -0.3 is 35.8 Å². The van der Waals surface area contributed by atoms with E-state index in [1.54, 1.807) is 65.2 Å². The van der Waals surface area contributed by atoms with E-state index >= 15 is 0 Å². The monoisotopic (exact) mass is 724 g/mol. The van der Waals surface area contributed by atoms with Gasteiger partial charge in [-0.05, 0) is 61.3 Å². The normalized spacial score (nSPS) is 22.1. The van der Waals surface area contributed by atoms with Crippen LogP contribution in [0.3, 0.4) is 0 Å². The first-order valence-corrected chi connectivity index (χ1v) is 18.0. The smallest absolute Gasteiger partial charge is 0.408 e. The molecule has 1 aromatic rings. The number of fused-ring (bicyclic) bond motifs is 1. The zero-order valence-electron chi connectivity index (χ0n) is 32.1. The second-order valence-electron chi connectivity index (χ2n) is 17.3. The molecular formula is C38H56N6O8. The zero-order chi connectivity index (χ0) is 38.9. The molecule has 4 N–H and O–H groups in total. The first kappa shape index (κ1) is 40.3. The molecule has 0 bridgehead atoms. The Hall–Kier alpha value is -4.49. The lowest BCUT2D eigenvalue weighted by atomic mass is 9.85. The number of alkyl carbamates (subject to hydrolysis) is 1. The lowest BCUT2D eigenvalue weighted by Crippen LogP contribution is -2.61. The summed E-state index contributed by atoms with van der Waals surface area (Å²) in [5.74, 6) is -3.99. The van der Waals surface area contributed by atoms with Crippen molar-refractivity contribution in [2.45, 2.75) is 104 Å².